The van der Waals surface area contributed by atoms with Crippen LogP contribution in [-0.4, -0.2) is 19.4 Å². The van der Waals surface area contributed by atoms with Crippen LogP contribution in [-0.2, 0) is 4.79 Å². The molecule has 0 aromatic heterocycles. The highest BCUT2D eigenvalue weighted by atomic mass is 79.9. The van der Waals surface area contributed by atoms with E-state index in [4.69, 9.17) is 0 Å². The third kappa shape index (κ3) is 0.685. The maximum atomic E-state index is 11.1. The van der Waals surface area contributed by atoms with Crippen molar-refractivity contribution in [3.05, 3.63) is 11.6 Å². The Bertz CT molecular complexity index is 228. The Morgan fingerprint density at radius 1 is 1.70 bits per heavy atom. The Labute approximate surface area is 79.3 Å². The van der Waals surface area contributed by atoms with Crippen LogP contribution in [0.15, 0.2) is 11.6 Å². The summed E-state index contributed by atoms with van der Waals surface area (Å²) in [5.41, 5.74) is 0. The fourth-order valence-corrected chi connectivity index (χ4v) is 3.38. The lowest BCUT2D eigenvalue weighted by Gasteiger charge is -2.43. The molecule has 0 aromatic carbocycles. The molecule has 0 aliphatic carbocycles. The van der Waals surface area contributed by atoms with E-state index in [1.807, 2.05) is 5.41 Å². The van der Waals surface area contributed by atoms with Gasteiger partial charge >= 0.3 is 0 Å². The zero-order valence-electron chi connectivity index (χ0n) is 4.75. The van der Waals surface area contributed by atoms with Gasteiger partial charge in [0.05, 0.1) is 0 Å². The number of fused-ring (bicyclic) bond motifs is 1. The number of hydrogen-bond donors (Lipinski definition) is 0. The molecule has 5 heteroatoms. The number of thioether (sulfide) groups is 1. The molecule has 0 N–H and O–H groups in total. The summed E-state index contributed by atoms with van der Waals surface area (Å²) in [6.07, 6.45) is 1.80. The summed E-state index contributed by atoms with van der Waals surface area (Å²) in [5, 5.41) is 2.13. The van der Waals surface area contributed by atoms with Crippen molar-refractivity contribution >= 4 is 49.5 Å². The highest BCUT2D eigenvalue weighted by Gasteiger charge is 2.59. The van der Waals surface area contributed by atoms with Crippen LogP contribution >= 0.6 is 43.6 Å². The Balaban J connectivity index is 2.28. The molecular formula is C5H3Br2NOS. The summed E-state index contributed by atoms with van der Waals surface area (Å²) in [5.74, 6) is 0.0822. The minimum atomic E-state index is -0.506. The summed E-state index contributed by atoms with van der Waals surface area (Å²) in [7, 11) is 0. The second-order valence-electron chi connectivity index (χ2n) is 2.11. The number of nitrogens with zero attached hydrogens (tertiary/aromatic N) is 1. The van der Waals surface area contributed by atoms with Gasteiger partial charge in [0.1, 0.15) is 5.37 Å². The zero-order chi connectivity index (χ0) is 7.35. The van der Waals surface area contributed by atoms with E-state index >= 15 is 0 Å². The summed E-state index contributed by atoms with van der Waals surface area (Å²) >= 11 is 8.24. The van der Waals surface area contributed by atoms with Crippen LogP contribution in [0.1, 0.15) is 0 Å². The van der Waals surface area contributed by atoms with Crippen LogP contribution in [0, 0.1) is 0 Å². The van der Waals surface area contributed by atoms with E-state index in [0.717, 1.165) is 0 Å². The first-order valence-electron chi connectivity index (χ1n) is 2.67. The molecule has 0 bridgehead atoms. The van der Waals surface area contributed by atoms with E-state index in [1.165, 1.54) is 0 Å². The second kappa shape index (κ2) is 2.01. The molecule has 2 aliphatic heterocycles. The van der Waals surface area contributed by atoms with Gasteiger partial charge in [-0.2, -0.15) is 0 Å². The fourth-order valence-electron chi connectivity index (χ4n) is 0.965. The third-order valence-electron chi connectivity index (χ3n) is 1.51. The minimum Gasteiger partial charge on any atom is -0.301 e. The summed E-state index contributed by atoms with van der Waals surface area (Å²) in [6, 6.07) is 0. The first kappa shape index (κ1) is 7.18. The van der Waals surface area contributed by atoms with Gasteiger partial charge in [-0.25, -0.2) is 0 Å². The Morgan fingerprint density at radius 3 is 3.00 bits per heavy atom. The molecule has 1 fully saturated rings. The van der Waals surface area contributed by atoms with Crippen LogP contribution in [0.5, 0.6) is 0 Å². The van der Waals surface area contributed by atoms with E-state index in [1.54, 1.807) is 22.9 Å². The Hall–Kier alpha value is 0.520. The SMILES string of the molecule is O=C1N2C=CS[C@H]2C1(Br)Br. The van der Waals surface area contributed by atoms with Crippen molar-refractivity contribution in [2.45, 2.75) is 8.61 Å². The maximum Gasteiger partial charge on any atom is 0.258 e. The van der Waals surface area contributed by atoms with Gasteiger partial charge in [-0.15, -0.1) is 11.8 Å². The van der Waals surface area contributed by atoms with E-state index in [0.29, 0.717) is 0 Å². The zero-order valence-corrected chi connectivity index (χ0v) is 8.74. The molecule has 0 unspecified atom stereocenters. The van der Waals surface area contributed by atoms with Gasteiger partial charge in [0.2, 0.25) is 0 Å². The molecule has 1 atom stereocenters. The van der Waals surface area contributed by atoms with Gasteiger partial charge in [-0.1, -0.05) is 31.9 Å². The number of halogens is 2. The average Bonchev–Trinajstić information content (AvgIpc) is 2.31. The summed E-state index contributed by atoms with van der Waals surface area (Å²) in [6.45, 7) is 0. The number of carbonyl (C=O) groups excluding carboxylic acids is 1. The van der Waals surface area contributed by atoms with Crippen molar-refractivity contribution in [2.75, 3.05) is 0 Å². The largest absolute Gasteiger partial charge is 0.301 e. The normalized spacial score (nSPS) is 34.0. The van der Waals surface area contributed by atoms with Crippen molar-refractivity contribution < 1.29 is 4.79 Å². The molecule has 2 aliphatic rings. The summed E-state index contributed by atoms with van der Waals surface area (Å²) < 4.78 is -0.506. The Kier molecular flexibility index (Phi) is 1.45. The molecule has 0 aromatic rings. The van der Waals surface area contributed by atoms with Crippen molar-refractivity contribution in [1.82, 2.24) is 4.90 Å². The van der Waals surface area contributed by atoms with Gasteiger partial charge in [0.15, 0.2) is 3.23 Å². The van der Waals surface area contributed by atoms with Gasteiger partial charge in [-0.05, 0) is 5.41 Å². The van der Waals surface area contributed by atoms with Crippen LogP contribution in [0.2, 0.25) is 0 Å². The lowest BCUT2D eigenvalue weighted by Crippen LogP contribution is -2.62. The number of alkyl halides is 2. The molecule has 0 saturated carbocycles. The number of β-lactam (4-membered cyclic amide) rings is 1. The molecular weight excluding hydrogens is 282 g/mol. The average molecular weight is 285 g/mol. The predicted molar refractivity (Wildman–Crippen MR) is 48.0 cm³/mol. The van der Waals surface area contributed by atoms with Crippen LogP contribution in [0.4, 0.5) is 0 Å². The van der Waals surface area contributed by atoms with Crippen LogP contribution in [0.3, 0.4) is 0 Å². The van der Waals surface area contributed by atoms with Crippen molar-refractivity contribution in [3.8, 4) is 0 Å². The van der Waals surface area contributed by atoms with Gasteiger partial charge in [-0.3, -0.25) is 4.79 Å². The highest BCUT2D eigenvalue weighted by molar-refractivity contribution is 9.26. The number of rotatable bonds is 0. The number of carbonyl (C=O) groups is 1. The molecule has 10 heavy (non-hydrogen) atoms. The van der Waals surface area contributed by atoms with E-state index in [-0.39, 0.29) is 11.3 Å². The molecule has 1 saturated heterocycles. The van der Waals surface area contributed by atoms with Gasteiger partial charge in [0, 0.05) is 6.20 Å². The van der Waals surface area contributed by atoms with Crippen molar-refractivity contribution in [1.29, 1.82) is 0 Å². The number of amides is 1. The fraction of sp³-hybridized carbons (Fsp3) is 0.400. The minimum absolute atomic E-state index is 0.0822. The molecule has 54 valence electrons. The molecule has 0 spiro atoms. The third-order valence-corrected chi connectivity index (χ3v) is 4.78. The molecule has 2 nitrogen and oxygen atoms in total. The molecule has 2 rings (SSSR count). The smallest absolute Gasteiger partial charge is 0.258 e. The lowest BCUT2D eigenvalue weighted by molar-refractivity contribution is -0.137. The predicted octanol–water partition coefficient (Wildman–Crippen LogP) is 1.86. The molecule has 2 heterocycles. The van der Waals surface area contributed by atoms with Gasteiger partial charge in [0.25, 0.3) is 5.91 Å². The second-order valence-corrected chi connectivity index (χ2v) is 6.67. The first-order chi connectivity index (χ1) is 4.64. The monoisotopic (exact) mass is 283 g/mol. The summed E-state index contributed by atoms with van der Waals surface area (Å²) in [4.78, 5) is 12.8. The first-order valence-corrected chi connectivity index (χ1v) is 5.19. The van der Waals surface area contributed by atoms with Crippen molar-refractivity contribution in [2.24, 2.45) is 0 Å². The van der Waals surface area contributed by atoms with E-state index in [9.17, 15) is 4.79 Å². The standard InChI is InChI=1S/C5H3Br2NOS/c6-5(7)3(9)8-1-2-10-4(5)8/h1-2,4H/t4-/m0/s1. The van der Waals surface area contributed by atoms with Gasteiger partial charge < -0.3 is 4.90 Å². The quantitative estimate of drug-likeness (QED) is 0.500. The van der Waals surface area contributed by atoms with Crippen molar-refractivity contribution in [3.63, 3.8) is 0 Å². The number of hydrogen-bond acceptors (Lipinski definition) is 2. The maximum absolute atomic E-state index is 11.1. The molecule has 0 radical (unpaired) electrons. The van der Waals surface area contributed by atoms with E-state index in [2.05, 4.69) is 31.9 Å². The Morgan fingerprint density at radius 2 is 2.40 bits per heavy atom. The van der Waals surface area contributed by atoms with Crippen LogP contribution in [0.25, 0.3) is 0 Å². The molecule has 1 amide bonds. The van der Waals surface area contributed by atoms with E-state index < -0.39 is 3.23 Å². The van der Waals surface area contributed by atoms with Crippen LogP contribution < -0.4 is 0 Å². The lowest BCUT2D eigenvalue weighted by atomic mass is 10.2. The highest BCUT2D eigenvalue weighted by Crippen LogP contribution is 2.52. The topological polar surface area (TPSA) is 20.3 Å².